The lowest BCUT2D eigenvalue weighted by atomic mass is 10.1. The van der Waals surface area contributed by atoms with Gasteiger partial charge in [-0.25, -0.2) is 0 Å². The molecule has 214 valence electrons. The van der Waals surface area contributed by atoms with Crippen LogP contribution in [0.15, 0.2) is 53.9 Å². The molecule has 3 atom stereocenters. The van der Waals surface area contributed by atoms with Crippen LogP contribution in [0.3, 0.4) is 0 Å². The molecule has 1 aliphatic heterocycles. The van der Waals surface area contributed by atoms with Gasteiger partial charge in [-0.05, 0) is 37.3 Å². The van der Waals surface area contributed by atoms with E-state index in [0.29, 0.717) is 11.1 Å². The van der Waals surface area contributed by atoms with Gasteiger partial charge in [0.2, 0.25) is 11.8 Å². The van der Waals surface area contributed by atoms with Gasteiger partial charge in [-0.2, -0.15) is 8.78 Å². The summed E-state index contributed by atoms with van der Waals surface area (Å²) in [7, 11) is 0. The number of carbonyl (C=O) groups excluding carboxylic acids is 3. The van der Waals surface area contributed by atoms with Crippen molar-refractivity contribution in [3.8, 4) is 0 Å². The summed E-state index contributed by atoms with van der Waals surface area (Å²) in [5.74, 6) is -1.73. The van der Waals surface area contributed by atoms with Crippen LogP contribution in [0.1, 0.15) is 40.2 Å². The number of halogens is 2. The molecule has 0 spiro atoms. The van der Waals surface area contributed by atoms with Crippen molar-refractivity contribution >= 4 is 56.7 Å². The van der Waals surface area contributed by atoms with Gasteiger partial charge in [0.1, 0.15) is 11.9 Å². The number of nitrogen functional groups attached to an aromatic ring is 1. The van der Waals surface area contributed by atoms with E-state index in [0.717, 1.165) is 31.6 Å². The van der Waals surface area contributed by atoms with E-state index in [1.165, 1.54) is 11.3 Å². The van der Waals surface area contributed by atoms with E-state index < -0.39 is 49.1 Å². The Morgan fingerprint density at radius 1 is 1.15 bits per heavy atom. The average molecular weight is 583 g/mol. The van der Waals surface area contributed by atoms with Crippen LogP contribution >= 0.6 is 11.3 Å². The van der Waals surface area contributed by atoms with Crippen LogP contribution in [0.4, 0.5) is 8.78 Å². The van der Waals surface area contributed by atoms with Gasteiger partial charge >= 0.3 is 6.61 Å². The first-order valence-electron chi connectivity index (χ1n) is 12.9. The van der Waals surface area contributed by atoms with E-state index in [9.17, 15) is 23.2 Å². The number of aromatic amines is 1. The van der Waals surface area contributed by atoms with E-state index in [4.69, 9.17) is 11.1 Å². The van der Waals surface area contributed by atoms with Crippen molar-refractivity contribution in [3.05, 3.63) is 69.9 Å². The lowest BCUT2D eigenvalue weighted by molar-refractivity contribution is -0.160. The standard InChI is InChI=1S/C28H28F2N6O4S/c1-14(23-9-16(13-41-23)25(31)32)34-27(39)22-10-17(40-28(29)30)12-36(22)24(37)11-33-26(38)15-6-7-21-19(8-15)18-4-2-3-5-20(18)35-21/h2-9,13-14,17,22,28,35H,10-12H2,1H3,(H3,31,32)(H,33,38)(H,34,39)/t14-,17-,22+/m1/s1. The van der Waals surface area contributed by atoms with Gasteiger partial charge in [-0.15, -0.1) is 11.3 Å². The number of amidine groups is 1. The Morgan fingerprint density at radius 3 is 2.63 bits per heavy atom. The minimum absolute atomic E-state index is 0.103. The van der Waals surface area contributed by atoms with Crippen molar-refractivity contribution in [1.29, 1.82) is 5.41 Å². The number of nitrogens with one attached hydrogen (secondary N) is 4. The third kappa shape index (κ3) is 6.05. The molecule has 0 radical (unpaired) electrons. The highest BCUT2D eigenvalue weighted by molar-refractivity contribution is 7.10. The van der Waals surface area contributed by atoms with Gasteiger partial charge in [-0.3, -0.25) is 19.8 Å². The summed E-state index contributed by atoms with van der Waals surface area (Å²) in [6, 6.07) is 13.0. The van der Waals surface area contributed by atoms with Crippen LogP contribution in [0.25, 0.3) is 21.8 Å². The molecule has 0 unspecified atom stereocenters. The van der Waals surface area contributed by atoms with Crippen LogP contribution in [0.2, 0.25) is 0 Å². The number of nitrogens with two attached hydrogens (primary N) is 1. The topological polar surface area (TPSA) is 153 Å². The van der Waals surface area contributed by atoms with Gasteiger partial charge in [0.05, 0.1) is 18.7 Å². The van der Waals surface area contributed by atoms with Crippen LogP contribution in [-0.4, -0.2) is 65.3 Å². The number of rotatable bonds is 9. The zero-order valence-electron chi connectivity index (χ0n) is 21.9. The molecule has 1 fully saturated rings. The first-order valence-corrected chi connectivity index (χ1v) is 13.7. The quantitative estimate of drug-likeness (QED) is 0.151. The molecule has 2 aromatic carbocycles. The summed E-state index contributed by atoms with van der Waals surface area (Å²) >= 11 is 1.31. The number of nitrogens with zero attached hydrogens (tertiary/aromatic N) is 1. The number of amides is 3. The second-order valence-corrected chi connectivity index (χ2v) is 10.8. The summed E-state index contributed by atoms with van der Waals surface area (Å²) in [6.07, 6.45) is -1.17. The minimum atomic E-state index is -3.06. The monoisotopic (exact) mass is 582 g/mol. The number of hydrogen-bond acceptors (Lipinski definition) is 6. The van der Waals surface area contributed by atoms with Crippen molar-refractivity contribution in [3.63, 3.8) is 0 Å². The molecule has 10 nitrogen and oxygen atoms in total. The molecular formula is C28H28F2N6O4S. The fourth-order valence-electron chi connectivity index (χ4n) is 5.02. The fraction of sp³-hybridized carbons (Fsp3) is 0.286. The van der Waals surface area contributed by atoms with Crippen molar-refractivity contribution < 1.29 is 27.9 Å². The molecule has 5 rings (SSSR count). The van der Waals surface area contributed by atoms with Crippen molar-refractivity contribution in [1.82, 2.24) is 20.5 Å². The summed E-state index contributed by atoms with van der Waals surface area (Å²) < 4.78 is 30.5. The Balaban J connectivity index is 1.26. The van der Waals surface area contributed by atoms with Gasteiger partial charge < -0.3 is 31.0 Å². The van der Waals surface area contributed by atoms with E-state index >= 15 is 0 Å². The SMILES string of the molecule is C[C@@H](NC(=O)[C@@H]1C[C@@H](OC(F)F)CN1C(=O)CNC(=O)c1ccc2[nH]c3ccccc3c2c1)c1cc(C(=N)N)cs1. The summed E-state index contributed by atoms with van der Waals surface area (Å²) in [5.41, 5.74) is 8.18. The van der Waals surface area contributed by atoms with E-state index in [1.54, 1.807) is 36.6 Å². The van der Waals surface area contributed by atoms with Crippen LogP contribution in [-0.2, 0) is 14.3 Å². The number of benzene rings is 2. The first-order chi connectivity index (χ1) is 19.6. The summed E-state index contributed by atoms with van der Waals surface area (Å²) in [4.78, 5) is 44.4. The van der Waals surface area contributed by atoms with Crippen LogP contribution < -0.4 is 16.4 Å². The minimum Gasteiger partial charge on any atom is -0.384 e. The number of aromatic nitrogens is 1. The predicted molar refractivity (Wildman–Crippen MR) is 151 cm³/mol. The molecular weight excluding hydrogens is 554 g/mol. The molecule has 1 aliphatic rings. The number of likely N-dealkylation sites (tertiary alicyclic amines) is 1. The number of thiophene rings is 1. The molecule has 41 heavy (non-hydrogen) atoms. The normalized spacial score (nSPS) is 17.7. The summed E-state index contributed by atoms with van der Waals surface area (Å²) in [5, 5.41) is 16.4. The number of carbonyl (C=O) groups is 3. The zero-order valence-corrected chi connectivity index (χ0v) is 22.8. The molecule has 2 aromatic heterocycles. The van der Waals surface area contributed by atoms with Crippen molar-refractivity contribution in [2.75, 3.05) is 13.1 Å². The molecule has 4 aromatic rings. The second-order valence-electron chi connectivity index (χ2n) is 9.81. The Morgan fingerprint density at radius 2 is 1.90 bits per heavy atom. The summed E-state index contributed by atoms with van der Waals surface area (Å²) in [6.45, 7) is -1.99. The smallest absolute Gasteiger partial charge is 0.345 e. The maximum atomic E-state index is 13.2. The van der Waals surface area contributed by atoms with Crippen LogP contribution in [0, 0.1) is 5.41 Å². The number of para-hydroxylation sites is 1. The van der Waals surface area contributed by atoms with E-state index in [2.05, 4.69) is 20.4 Å². The van der Waals surface area contributed by atoms with Gasteiger partial charge in [0, 0.05) is 56.2 Å². The fourth-order valence-corrected chi connectivity index (χ4v) is 5.93. The number of ether oxygens (including phenoxy) is 1. The molecule has 3 amide bonds. The number of H-pyrrole nitrogens is 1. The van der Waals surface area contributed by atoms with E-state index in [-0.39, 0.29) is 18.8 Å². The predicted octanol–water partition coefficient (Wildman–Crippen LogP) is 3.48. The third-order valence-corrected chi connectivity index (χ3v) is 8.18. The third-order valence-electron chi connectivity index (χ3n) is 7.07. The molecule has 1 saturated heterocycles. The number of alkyl halides is 2. The maximum absolute atomic E-state index is 13.2. The van der Waals surface area contributed by atoms with Gasteiger partial charge in [0.25, 0.3) is 5.91 Å². The second kappa shape index (κ2) is 11.6. The first kappa shape index (κ1) is 28.2. The highest BCUT2D eigenvalue weighted by Crippen LogP contribution is 2.27. The Kier molecular flexibility index (Phi) is 7.99. The van der Waals surface area contributed by atoms with Crippen molar-refractivity contribution in [2.24, 2.45) is 5.73 Å². The lowest BCUT2D eigenvalue weighted by Crippen LogP contribution is -2.49. The Labute approximate surface area is 237 Å². The molecule has 13 heteroatoms. The number of hydrogen-bond donors (Lipinski definition) is 5. The number of fused-ring (bicyclic) bond motifs is 3. The largest absolute Gasteiger partial charge is 0.384 e. The Hall–Kier alpha value is -4.36. The molecule has 0 aliphatic carbocycles. The van der Waals surface area contributed by atoms with Gasteiger partial charge in [-0.1, -0.05) is 18.2 Å². The average Bonchev–Trinajstić information content (AvgIpc) is 3.68. The zero-order chi connectivity index (χ0) is 29.3. The van der Waals surface area contributed by atoms with Crippen LogP contribution in [0.5, 0.6) is 0 Å². The highest BCUT2D eigenvalue weighted by atomic mass is 32.1. The molecule has 3 heterocycles. The molecule has 6 N–H and O–H groups in total. The molecule has 0 bridgehead atoms. The van der Waals surface area contributed by atoms with E-state index in [1.807, 2.05) is 24.3 Å². The Bertz CT molecular complexity index is 1640. The molecule has 0 saturated carbocycles. The van der Waals surface area contributed by atoms with Gasteiger partial charge in [0.15, 0.2) is 0 Å². The highest BCUT2D eigenvalue weighted by Gasteiger charge is 2.41. The lowest BCUT2D eigenvalue weighted by Gasteiger charge is -2.25. The van der Waals surface area contributed by atoms with Crippen molar-refractivity contribution in [2.45, 2.75) is 38.1 Å². The maximum Gasteiger partial charge on any atom is 0.345 e.